The number of nitrogens with two attached hydrogens (primary N) is 1. The molecule has 0 amide bonds. The van der Waals surface area contributed by atoms with Crippen molar-refractivity contribution < 1.29 is 14.2 Å². The van der Waals surface area contributed by atoms with Gasteiger partial charge in [-0.25, -0.2) is 4.98 Å². The lowest BCUT2D eigenvalue weighted by Gasteiger charge is -2.62. The number of aromatic nitrogens is 2. The van der Waals surface area contributed by atoms with Crippen molar-refractivity contribution in [2.24, 2.45) is 0 Å². The third-order valence-corrected chi connectivity index (χ3v) is 8.75. The summed E-state index contributed by atoms with van der Waals surface area (Å²) in [7, 11) is 3.25. The number of likely N-dealkylation sites (tertiary alicyclic amines) is 1. The van der Waals surface area contributed by atoms with E-state index in [0.717, 1.165) is 26.2 Å². The molecule has 0 spiro atoms. The van der Waals surface area contributed by atoms with E-state index in [-0.39, 0.29) is 16.9 Å². The van der Waals surface area contributed by atoms with E-state index < -0.39 is 6.10 Å². The average Bonchev–Trinajstić information content (AvgIpc) is 2.93. The Hall–Kier alpha value is -3.62. The van der Waals surface area contributed by atoms with Gasteiger partial charge in [0.15, 0.2) is 11.5 Å². The van der Waals surface area contributed by atoms with Crippen LogP contribution < -0.4 is 20.1 Å². The summed E-state index contributed by atoms with van der Waals surface area (Å²) in [5.74, 6) is 1.34. The first-order valence-corrected chi connectivity index (χ1v) is 14.1. The zero-order valence-electron chi connectivity index (χ0n) is 24.2. The summed E-state index contributed by atoms with van der Waals surface area (Å²) in [5, 5.41) is 19.7. The number of benzene rings is 1. The van der Waals surface area contributed by atoms with Crippen LogP contribution in [0.5, 0.6) is 11.5 Å². The molecule has 0 saturated carbocycles. The number of nitrogen functional groups attached to an aromatic ring is 1. The maximum absolute atomic E-state index is 9.98. The van der Waals surface area contributed by atoms with Crippen molar-refractivity contribution in [1.82, 2.24) is 14.9 Å². The number of rotatable bonds is 9. The van der Waals surface area contributed by atoms with Gasteiger partial charge in [0.1, 0.15) is 18.0 Å². The fourth-order valence-corrected chi connectivity index (χ4v) is 6.26. The van der Waals surface area contributed by atoms with Crippen molar-refractivity contribution in [2.45, 2.75) is 38.0 Å². The lowest BCUT2D eigenvalue weighted by Crippen LogP contribution is -2.77. The highest BCUT2D eigenvalue weighted by atomic mass is 35.5. The Morgan fingerprint density at radius 1 is 1.07 bits per heavy atom. The zero-order valence-corrected chi connectivity index (χ0v) is 25.7. The fraction of sp³-hybridized carbons (Fsp3) is 0.400. The van der Waals surface area contributed by atoms with Crippen LogP contribution in [0.2, 0.25) is 10.0 Å². The predicted molar refractivity (Wildman–Crippen MR) is 163 cm³/mol. The van der Waals surface area contributed by atoms with Gasteiger partial charge in [0, 0.05) is 80.3 Å². The Morgan fingerprint density at radius 2 is 1.74 bits per heavy atom. The normalized spacial score (nSPS) is 17.9. The van der Waals surface area contributed by atoms with E-state index in [4.69, 9.17) is 48.6 Å². The van der Waals surface area contributed by atoms with Crippen LogP contribution >= 0.6 is 23.2 Å². The van der Waals surface area contributed by atoms with Crippen LogP contribution in [0.4, 0.5) is 11.5 Å². The van der Waals surface area contributed by atoms with Crippen molar-refractivity contribution >= 4 is 40.4 Å². The Balaban J connectivity index is 1.37. The Morgan fingerprint density at radius 3 is 2.33 bits per heavy atom. The summed E-state index contributed by atoms with van der Waals surface area (Å²) >= 11 is 12.7. The summed E-state index contributed by atoms with van der Waals surface area (Å²) in [6.45, 7) is 9.39. The number of hydrogen-bond donors (Lipinski definition) is 2. The van der Waals surface area contributed by atoms with Crippen molar-refractivity contribution in [3.05, 3.63) is 69.1 Å². The average molecular weight is 611 g/mol. The Bertz CT molecular complexity index is 1560. The molecule has 0 radical (unpaired) electrons. The molecule has 1 aromatic carbocycles. The number of halogens is 2. The maximum Gasteiger partial charge on any atom is 0.162 e. The molecule has 2 saturated heterocycles. The molecule has 12 heteroatoms. The second-order valence-corrected chi connectivity index (χ2v) is 12.1. The molecule has 0 aliphatic carbocycles. The molecule has 2 aliphatic heterocycles. The highest BCUT2D eigenvalue weighted by Crippen LogP contribution is 2.40. The van der Waals surface area contributed by atoms with Crippen LogP contribution in [-0.4, -0.2) is 72.1 Å². The quantitative estimate of drug-likeness (QED) is 0.251. The molecule has 3 N–H and O–H groups in total. The van der Waals surface area contributed by atoms with Gasteiger partial charge >= 0.3 is 0 Å². The van der Waals surface area contributed by atoms with E-state index in [0.29, 0.717) is 55.3 Å². The van der Waals surface area contributed by atoms with Crippen molar-refractivity contribution in [3.63, 3.8) is 0 Å². The van der Waals surface area contributed by atoms with E-state index in [9.17, 15) is 5.26 Å². The molecule has 42 heavy (non-hydrogen) atoms. The number of nitriles is 1. The third kappa shape index (κ3) is 5.34. The minimum atomic E-state index is -0.555. The molecular weight excluding hydrogens is 577 g/mol. The van der Waals surface area contributed by atoms with Crippen molar-refractivity contribution in [1.29, 1.82) is 10.7 Å². The van der Waals surface area contributed by atoms with Crippen LogP contribution in [0.15, 0.2) is 36.8 Å². The van der Waals surface area contributed by atoms with Crippen LogP contribution in [0.25, 0.3) is 0 Å². The van der Waals surface area contributed by atoms with E-state index >= 15 is 0 Å². The van der Waals surface area contributed by atoms with Gasteiger partial charge in [0.05, 0.1) is 39.6 Å². The van der Waals surface area contributed by atoms with Gasteiger partial charge in [-0.3, -0.25) is 15.3 Å². The fourth-order valence-electron chi connectivity index (χ4n) is 5.58. The number of ether oxygens (including phenoxy) is 3. The first kappa shape index (κ1) is 29.9. The number of methoxy groups -OCH3 is 2. The van der Waals surface area contributed by atoms with Crippen molar-refractivity contribution in [3.8, 4) is 17.6 Å². The minimum absolute atomic E-state index is 0.00632. The van der Waals surface area contributed by atoms with Gasteiger partial charge < -0.3 is 24.8 Å². The van der Waals surface area contributed by atoms with Crippen LogP contribution in [0.3, 0.4) is 0 Å². The number of pyridine rings is 2. The SMILES string of the molecule is COc1cc(N)c(C(=N)c2cnc(N3CC(C)(N4CC(C)(OC)C4)C3)c(C#N)c2)cc1O[C@H](C)c1c(Cl)cncc1Cl. The van der Waals surface area contributed by atoms with Gasteiger partial charge in [-0.05, 0) is 32.9 Å². The van der Waals surface area contributed by atoms with E-state index in [1.165, 1.54) is 19.5 Å². The number of nitrogens with zero attached hydrogens (tertiary/aromatic N) is 5. The molecule has 1 atom stereocenters. The van der Waals surface area contributed by atoms with Gasteiger partial charge in [-0.1, -0.05) is 23.2 Å². The molecule has 4 heterocycles. The second kappa shape index (κ2) is 11.2. The molecule has 0 bridgehead atoms. The molecule has 2 aliphatic rings. The van der Waals surface area contributed by atoms with Gasteiger partial charge in [-0.2, -0.15) is 5.26 Å². The standard InChI is InChI=1S/C30H33Cl2N7O3/c1-17(26-21(31)11-36-12-22(26)32)42-25-7-20(23(34)8-24(25)40-4)27(35)19-6-18(9-33)28(37-10-19)38-13-29(2,14-38)39-15-30(3,16-39)41-5/h6-8,10-12,17,35H,13-16,34H2,1-5H3/t17-/m1/s1. The number of hydrogen-bond acceptors (Lipinski definition) is 10. The summed E-state index contributed by atoms with van der Waals surface area (Å²) < 4.78 is 17.3. The van der Waals surface area contributed by atoms with Gasteiger partial charge in [-0.15, -0.1) is 0 Å². The Kier molecular flexibility index (Phi) is 7.98. The van der Waals surface area contributed by atoms with Crippen LogP contribution in [0, 0.1) is 16.7 Å². The largest absolute Gasteiger partial charge is 0.493 e. The minimum Gasteiger partial charge on any atom is -0.493 e. The molecule has 2 fully saturated rings. The third-order valence-electron chi connectivity index (χ3n) is 8.15. The van der Waals surface area contributed by atoms with E-state index in [1.54, 1.807) is 38.4 Å². The second-order valence-electron chi connectivity index (χ2n) is 11.3. The molecule has 10 nitrogen and oxygen atoms in total. The summed E-state index contributed by atoms with van der Waals surface area (Å²) in [5.41, 5.74) is 8.47. The topological polar surface area (TPSA) is 134 Å². The van der Waals surface area contributed by atoms with Crippen LogP contribution in [0.1, 0.15) is 49.1 Å². The lowest BCUT2D eigenvalue weighted by molar-refractivity contribution is -0.152. The van der Waals surface area contributed by atoms with E-state index in [2.05, 4.69) is 39.7 Å². The highest BCUT2D eigenvalue weighted by Gasteiger charge is 2.53. The summed E-state index contributed by atoms with van der Waals surface area (Å²) in [6, 6.07) is 7.17. The molecule has 0 unspecified atom stereocenters. The first-order chi connectivity index (χ1) is 19.9. The van der Waals surface area contributed by atoms with Crippen LogP contribution in [-0.2, 0) is 4.74 Å². The van der Waals surface area contributed by atoms with E-state index in [1.807, 2.05) is 0 Å². The maximum atomic E-state index is 9.98. The summed E-state index contributed by atoms with van der Waals surface area (Å²) in [6.07, 6.45) is 4.04. The monoisotopic (exact) mass is 609 g/mol. The molecule has 5 rings (SSSR count). The van der Waals surface area contributed by atoms with Gasteiger partial charge in [0.25, 0.3) is 0 Å². The molecule has 3 aromatic rings. The smallest absolute Gasteiger partial charge is 0.162 e. The molecule has 2 aromatic heterocycles. The lowest BCUT2D eigenvalue weighted by atomic mass is 9.82. The Labute approximate surface area is 255 Å². The van der Waals surface area contributed by atoms with Gasteiger partial charge in [0.2, 0.25) is 0 Å². The number of anilines is 2. The van der Waals surface area contributed by atoms with Crippen molar-refractivity contribution in [2.75, 3.05) is 51.0 Å². The first-order valence-electron chi connectivity index (χ1n) is 13.4. The predicted octanol–water partition coefficient (Wildman–Crippen LogP) is 5.10. The highest BCUT2D eigenvalue weighted by molar-refractivity contribution is 6.35. The summed E-state index contributed by atoms with van der Waals surface area (Å²) in [4.78, 5) is 13.1. The molecule has 220 valence electrons. The zero-order chi connectivity index (χ0) is 30.4. The molecular formula is C30H33Cl2N7O3. The number of nitrogens with one attached hydrogen (secondary N) is 1.